The van der Waals surface area contributed by atoms with Gasteiger partial charge in [0.05, 0.1) is 25.7 Å². The van der Waals surface area contributed by atoms with E-state index in [1.54, 1.807) is 12.1 Å². The molecule has 6 heteroatoms. The summed E-state index contributed by atoms with van der Waals surface area (Å²) < 4.78 is 10.8. The lowest BCUT2D eigenvalue weighted by Gasteiger charge is -2.10. The maximum absolute atomic E-state index is 10.9. The lowest BCUT2D eigenvalue weighted by atomic mass is 10.2. The number of hydrogen-bond acceptors (Lipinski definition) is 4. The third-order valence-electron chi connectivity index (χ3n) is 2.00. The Hall–Kier alpha value is -1.14. The fourth-order valence-corrected chi connectivity index (χ4v) is 1.69. The number of methoxy groups -OCH3 is 1. The zero-order chi connectivity index (χ0) is 12.8. The van der Waals surface area contributed by atoms with E-state index < -0.39 is 0 Å². The number of halogens is 1. The van der Waals surface area contributed by atoms with Crippen LogP contribution in [0.15, 0.2) is 22.7 Å². The van der Waals surface area contributed by atoms with Gasteiger partial charge in [-0.25, -0.2) is 0 Å². The van der Waals surface area contributed by atoms with Crippen LogP contribution >= 0.6 is 28.1 Å². The first-order valence-corrected chi connectivity index (χ1v) is 6.03. The van der Waals surface area contributed by atoms with Crippen molar-refractivity contribution < 1.29 is 14.3 Å². The topological polar surface area (TPSA) is 61.5 Å². The fraction of sp³-hybridized carbons (Fsp3) is 0.273. The molecule has 0 unspecified atom stereocenters. The first kappa shape index (κ1) is 13.9. The van der Waals surface area contributed by atoms with Crippen molar-refractivity contribution in [3.63, 3.8) is 0 Å². The van der Waals surface area contributed by atoms with Crippen LogP contribution in [0.1, 0.15) is 12.0 Å². The lowest BCUT2D eigenvalue weighted by molar-refractivity contribution is -0.141. The fourth-order valence-electron chi connectivity index (χ4n) is 1.17. The molecule has 0 radical (unpaired) electrons. The van der Waals surface area contributed by atoms with Gasteiger partial charge < -0.3 is 15.2 Å². The molecule has 1 aromatic rings. The van der Waals surface area contributed by atoms with Crippen LogP contribution in [-0.2, 0) is 9.53 Å². The molecule has 17 heavy (non-hydrogen) atoms. The first-order chi connectivity index (χ1) is 8.04. The highest BCUT2D eigenvalue weighted by molar-refractivity contribution is 9.10. The molecule has 92 valence electrons. The summed E-state index contributed by atoms with van der Waals surface area (Å²) in [7, 11) is 1.34. The predicted octanol–water partition coefficient (Wildman–Crippen LogP) is 2.03. The summed E-state index contributed by atoms with van der Waals surface area (Å²) in [5.41, 5.74) is 6.22. The smallest absolute Gasteiger partial charge is 0.308 e. The summed E-state index contributed by atoms with van der Waals surface area (Å²) in [6.07, 6.45) is 0.184. The Morgan fingerprint density at radius 2 is 2.24 bits per heavy atom. The van der Waals surface area contributed by atoms with E-state index in [2.05, 4.69) is 20.7 Å². The molecule has 4 nitrogen and oxygen atoms in total. The van der Waals surface area contributed by atoms with Crippen LogP contribution in [-0.4, -0.2) is 24.7 Å². The van der Waals surface area contributed by atoms with E-state index in [9.17, 15) is 4.79 Å². The van der Waals surface area contributed by atoms with Crippen LogP contribution in [0.2, 0.25) is 0 Å². The molecule has 0 aliphatic heterocycles. The van der Waals surface area contributed by atoms with Crippen molar-refractivity contribution in [1.29, 1.82) is 0 Å². The molecule has 0 fully saturated rings. The van der Waals surface area contributed by atoms with Gasteiger partial charge in [-0.1, -0.05) is 28.1 Å². The molecule has 1 rings (SSSR count). The Bertz CT molecular complexity index is 437. The molecule has 2 N–H and O–H groups in total. The summed E-state index contributed by atoms with van der Waals surface area (Å²) in [5, 5.41) is 0. The average molecular weight is 318 g/mol. The summed E-state index contributed by atoms with van der Waals surface area (Å²) >= 11 is 8.24. The van der Waals surface area contributed by atoms with Gasteiger partial charge >= 0.3 is 5.97 Å². The van der Waals surface area contributed by atoms with Crippen molar-refractivity contribution in [1.82, 2.24) is 0 Å². The number of thiocarbonyl (C=S) groups is 1. The Morgan fingerprint density at radius 3 is 2.82 bits per heavy atom. The molecule has 1 aromatic carbocycles. The van der Waals surface area contributed by atoms with Crippen molar-refractivity contribution in [3.05, 3.63) is 28.2 Å². The number of esters is 1. The number of carbonyl (C=O) groups excluding carboxylic acids is 1. The van der Waals surface area contributed by atoms with E-state index in [-0.39, 0.29) is 24.0 Å². The minimum atomic E-state index is -0.320. The highest BCUT2D eigenvalue weighted by atomic mass is 79.9. The number of carbonyl (C=O) groups is 1. The first-order valence-electron chi connectivity index (χ1n) is 4.83. The lowest BCUT2D eigenvalue weighted by Crippen LogP contribution is -2.13. The largest absolute Gasteiger partial charge is 0.492 e. The number of hydrogen-bond donors (Lipinski definition) is 1. The van der Waals surface area contributed by atoms with E-state index in [1.165, 1.54) is 7.11 Å². The second kappa shape index (κ2) is 6.56. The second-order valence-electron chi connectivity index (χ2n) is 3.18. The minimum absolute atomic E-state index is 0.184. The molecule has 0 aliphatic rings. The number of benzene rings is 1. The summed E-state index contributed by atoms with van der Waals surface area (Å²) in [5.74, 6) is 0.239. The van der Waals surface area contributed by atoms with Gasteiger partial charge in [-0.2, -0.15) is 0 Å². The molecule has 0 spiro atoms. The van der Waals surface area contributed by atoms with Crippen molar-refractivity contribution >= 4 is 39.1 Å². The van der Waals surface area contributed by atoms with Gasteiger partial charge in [0.2, 0.25) is 0 Å². The monoisotopic (exact) mass is 317 g/mol. The van der Waals surface area contributed by atoms with E-state index in [1.807, 2.05) is 6.07 Å². The molecule has 0 amide bonds. The van der Waals surface area contributed by atoms with Crippen molar-refractivity contribution in [2.75, 3.05) is 13.7 Å². The van der Waals surface area contributed by atoms with Gasteiger partial charge in [0.1, 0.15) is 10.7 Å². The van der Waals surface area contributed by atoms with Crippen LogP contribution in [0.5, 0.6) is 5.75 Å². The predicted molar refractivity (Wildman–Crippen MR) is 72.2 cm³/mol. The van der Waals surface area contributed by atoms with Crippen LogP contribution in [0.25, 0.3) is 0 Å². The van der Waals surface area contributed by atoms with Crippen molar-refractivity contribution in [2.45, 2.75) is 6.42 Å². The SMILES string of the molecule is COC(=O)CCOc1ccc(Br)cc1C(N)=S. The maximum Gasteiger partial charge on any atom is 0.308 e. The van der Waals surface area contributed by atoms with Gasteiger partial charge in [0.15, 0.2) is 0 Å². The van der Waals surface area contributed by atoms with Crippen LogP contribution < -0.4 is 10.5 Å². The van der Waals surface area contributed by atoms with Gasteiger partial charge in [0, 0.05) is 4.47 Å². The Kier molecular flexibility index (Phi) is 5.37. The molecule has 0 aliphatic carbocycles. The van der Waals surface area contributed by atoms with Gasteiger partial charge in [-0.05, 0) is 18.2 Å². The van der Waals surface area contributed by atoms with Crippen LogP contribution in [0.3, 0.4) is 0 Å². The summed E-state index contributed by atoms with van der Waals surface area (Å²) in [6, 6.07) is 5.33. The van der Waals surface area contributed by atoms with Crippen molar-refractivity contribution in [2.24, 2.45) is 5.73 Å². The molecule has 0 atom stereocenters. The molecule has 0 bridgehead atoms. The molecule has 0 saturated carbocycles. The van der Waals surface area contributed by atoms with E-state index in [0.29, 0.717) is 11.3 Å². The number of nitrogens with two attached hydrogens (primary N) is 1. The summed E-state index contributed by atoms with van der Waals surface area (Å²) in [6.45, 7) is 0.226. The highest BCUT2D eigenvalue weighted by Gasteiger charge is 2.08. The molecule has 0 aromatic heterocycles. The maximum atomic E-state index is 10.9. The Labute approximate surface area is 113 Å². The van der Waals surface area contributed by atoms with Crippen LogP contribution in [0.4, 0.5) is 0 Å². The molecule has 0 heterocycles. The molecule has 0 saturated heterocycles. The summed E-state index contributed by atoms with van der Waals surface area (Å²) in [4.78, 5) is 11.2. The standard InChI is InChI=1S/C11H12BrNO3S/c1-15-10(14)4-5-16-9-3-2-7(12)6-8(9)11(13)17/h2-3,6H,4-5H2,1H3,(H2,13,17). The zero-order valence-electron chi connectivity index (χ0n) is 9.23. The van der Waals surface area contributed by atoms with Crippen LogP contribution in [0, 0.1) is 0 Å². The Balaban J connectivity index is 2.70. The van der Waals surface area contributed by atoms with E-state index in [0.717, 1.165) is 4.47 Å². The van der Waals surface area contributed by atoms with Gasteiger partial charge in [-0.3, -0.25) is 4.79 Å². The zero-order valence-corrected chi connectivity index (χ0v) is 11.6. The normalized spacial score (nSPS) is 9.76. The minimum Gasteiger partial charge on any atom is -0.492 e. The Morgan fingerprint density at radius 1 is 1.53 bits per heavy atom. The third-order valence-corrected chi connectivity index (χ3v) is 2.71. The third kappa shape index (κ3) is 4.32. The number of rotatable bonds is 5. The molecular weight excluding hydrogens is 306 g/mol. The second-order valence-corrected chi connectivity index (χ2v) is 4.53. The van der Waals surface area contributed by atoms with E-state index >= 15 is 0 Å². The highest BCUT2D eigenvalue weighted by Crippen LogP contribution is 2.23. The van der Waals surface area contributed by atoms with Gasteiger partial charge in [-0.15, -0.1) is 0 Å². The number of ether oxygens (including phenoxy) is 2. The average Bonchev–Trinajstić information content (AvgIpc) is 2.30. The van der Waals surface area contributed by atoms with Crippen molar-refractivity contribution in [3.8, 4) is 5.75 Å². The quantitative estimate of drug-likeness (QED) is 0.665. The van der Waals surface area contributed by atoms with Gasteiger partial charge in [0.25, 0.3) is 0 Å². The van der Waals surface area contributed by atoms with E-state index in [4.69, 9.17) is 22.7 Å². The molecular formula is C11H12BrNO3S.